The third kappa shape index (κ3) is 5.77. The van der Waals surface area contributed by atoms with E-state index in [1.165, 1.54) is 23.3 Å². The van der Waals surface area contributed by atoms with Gasteiger partial charge in [-0.1, -0.05) is 23.8 Å². The van der Waals surface area contributed by atoms with Crippen molar-refractivity contribution in [1.82, 2.24) is 0 Å². The topological polar surface area (TPSA) is 54.4 Å². The van der Waals surface area contributed by atoms with Crippen LogP contribution in [0.1, 0.15) is 16.7 Å². The Morgan fingerprint density at radius 3 is 1.65 bits per heavy atom. The third-order valence-electron chi connectivity index (χ3n) is 2.53. The van der Waals surface area contributed by atoms with Gasteiger partial charge in [0.2, 0.25) is 0 Å². The number of thiol groups is 1. The summed E-state index contributed by atoms with van der Waals surface area (Å²) in [7, 11) is -4.02. The molecule has 0 unspecified atom stereocenters. The normalized spacial score (nSPS) is 10.7. The summed E-state index contributed by atoms with van der Waals surface area (Å²) in [5.74, 6) is 0. The predicted octanol–water partition coefficient (Wildman–Crippen LogP) is 3.83. The zero-order valence-corrected chi connectivity index (χ0v) is 13.4. The lowest BCUT2D eigenvalue weighted by Crippen LogP contribution is -1.96. The largest absolute Gasteiger partial charge is 0.294 e. The predicted molar refractivity (Wildman–Crippen MR) is 84.2 cm³/mol. The maximum absolute atomic E-state index is 10.5. The number of rotatable bonds is 1. The van der Waals surface area contributed by atoms with Gasteiger partial charge in [0.25, 0.3) is 10.1 Å². The fourth-order valence-corrected chi connectivity index (χ4v) is 2.55. The van der Waals surface area contributed by atoms with Gasteiger partial charge in [0.05, 0.1) is 4.90 Å². The monoisotopic (exact) mass is 310 g/mol. The average Bonchev–Trinajstić information content (AvgIpc) is 2.26. The van der Waals surface area contributed by atoms with Crippen LogP contribution >= 0.6 is 12.6 Å². The van der Waals surface area contributed by atoms with Crippen molar-refractivity contribution in [2.45, 2.75) is 30.6 Å². The van der Waals surface area contributed by atoms with Crippen molar-refractivity contribution >= 4 is 22.7 Å². The summed E-state index contributed by atoms with van der Waals surface area (Å²) >= 11 is 4.22. The summed E-state index contributed by atoms with van der Waals surface area (Å²) in [5, 5.41) is 0. The van der Waals surface area contributed by atoms with Crippen molar-refractivity contribution in [3.8, 4) is 0 Å². The van der Waals surface area contributed by atoms with E-state index in [1.54, 1.807) is 12.1 Å². The molecular formula is C15H18O3S2. The molecule has 0 spiro atoms. The molecule has 0 fully saturated rings. The molecule has 0 aliphatic carbocycles. The molecule has 108 valence electrons. The molecule has 1 N–H and O–H groups in total. The van der Waals surface area contributed by atoms with Gasteiger partial charge in [-0.15, -0.1) is 12.6 Å². The third-order valence-corrected chi connectivity index (χ3v) is 3.65. The van der Waals surface area contributed by atoms with Crippen LogP contribution in [0.4, 0.5) is 0 Å². The van der Waals surface area contributed by atoms with Crippen LogP contribution in [0, 0.1) is 20.8 Å². The maximum Gasteiger partial charge on any atom is 0.294 e. The SMILES string of the molecule is Cc1cc(C)cc(S)c1.Cc1ccc(S(=O)(=O)O)cc1. The number of benzene rings is 2. The quantitative estimate of drug-likeness (QED) is 0.621. The molecule has 0 saturated heterocycles. The van der Waals surface area contributed by atoms with E-state index in [1.807, 2.05) is 6.92 Å². The first-order chi connectivity index (χ1) is 9.18. The van der Waals surface area contributed by atoms with Crippen LogP contribution in [-0.4, -0.2) is 13.0 Å². The molecule has 0 bridgehead atoms. The van der Waals surface area contributed by atoms with Crippen LogP contribution in [-0.2, 0) is 10.1 Å². The Kier molecular flexibility index (Phi) is 5.80. The van der Waals surface area contributed by atoms with Gasteiger partial charge >= 0.3 is 0 Å². The lowest BCUT2D eigenvalue weighted by atomic mass is 10.2. The highest BCUT2D eigenvalue weighted by atomic mass is 32.2. The highest BCUT2D eigenvalue weighted by Crippen LogP contribution is 2.11. The minimum absolute atomic E-state index is 0.0666. The Balaban J connectivity index is 0.000000204. The molecule has 0 aromatic heterocycles. The second-order valence-corrected chi connectivity index (χ2v) is 6.57. The van der Waals surface area contributed by atoms with Crippen molar-refractivity contribution in [2.75, 3.05) is 0 Å². The number of hydrogen-bond donors (Lipinski definition) is 2. The van der Waals surface area contributed by atoms with Crippen LogP contribution < -0.4 is 0 Å². The van der Waals surface area contributed by atoms with E-state index >= 15 is 0 Å². The van der Waals surface area contributed by atoms with Gasteiger partial charge in [0, 0.05) is 4.90 Å². The first kappa shape index (κ1) is 16.8. The molecular weight excluding hydrogens is 292 g/mol. The Hall–Kier alpha value is -1.30. The van der Waals surface area contributed by atoms with Gasteiger partial charge in [-0.25, -0.2) is 0 Å². The summed E-state index contributed by atoms with van der Waals surface area (Å²) < 4.78 is 29.6. The highest BCUT2D eigenvalue weighted by molar-refractivity contribution is 7.85. The van der Waals surface area contributed by atoms with E-state index in [4.69, 9.17) is 4.55 Å². The lowest BCUT2D eigenvalue weighted by Gasteiger charge is -1.96. The maximum atomic E-state index is 10.5. The number of hydrogen-bond acceptors (Lipinski definition) is 3. The van der Waals surface area contributed by atoms with E-state index in [9.17, 15) is 8.42 Å². The van der Waals surface area contributed by atoms with E-state index in [-0.39, 0.29) is 4.90 Å². The molecule has 0 amide bonds. The second-order valence-electron chi connectivity index (χ2n) is 4.63. The Morgan fingerprint density at radius 2 is 1.30 bits per heavy atom. The van der Waals surface area contributed by atoms with Crippen LogP contribution in [0.5, 0.6) is 0 Å². The van der Waals surface area contributed by atoms with Crippen molar-refractivity contribution in [2.24, 2.45) is 0 Å². The van der Waals surface area contributed by atoms with E-state index < -0.39 is 10.1 Å². The summed E-state index contributed by atoms with van der Waals surface area (Å²) in [5.41, 5.74) is 3.51. The van der Waals surface area contributed by atoms with E-state index in [0.717, 1.165) is 10.5 Å². The van der Waals surface area contributed by atoms with Gasteiger partial charge in [-0.2, -0.15) is 8.42 Å². The fourth-order valence-electron chi connectivity index (χ4n) is 1.66. The Bertz CT molecular complexity index is 624. The summed E-state index contributed by atoms with van der Waals surface area (Å²) in [6.07, 6.45) is 0. The van der Waals surface area contributed by atoms with Crippen LogP contribution in [0.2, 0.25) is 0 Å². The van der Waals surface area contributed by atoms with Gasteiger partial charge in [-0.3, -0.25) is 4.55 Å². The first-order valence-electron chi connectivity index (χ1n) is 6.00. The van der Waals surface area contributed by atoms with Gasteiger partial charge in [0.1, 0.15) is 0 Å². The summed E-state index contributed by atoms with van der Waals surface area (Å²) in [6, 6.07) is 12.2. The Labute approximate surface area is 125 Å². The van der Waals surface area contributed by atoms with Crippen molar-refractivity contribution in [1.29, 1.82) is 0 Å². The molecule has 2 rings (SSSR count). The molecule has 2 aromatic carbocycles. The van der Waals surface area contributed by atoms with Gasteiger partial charge in [0.15, 0.2) is 0 Å². The van der Waals surface area contributed by atoms with Crippen LogP contribution in [0.15, 0.2) is 52.3 Å². The van der Waals surface area contributed by atoms with Gasteiger partial charge in [-0.05, 0) is 56.2 Å². The molecule has 0 aliphatic heterocycles. The smallest absolute Gasteiger partial charge is 0.282 e. The molecule has 0 atom stereocenters. The molecule has 0 saturated carbocycles. The zero-order chi connectivity index (χ0) is 15.3. The first-order valence-corrected chi connectivity index (χ1v) is 7.88. The molecule has 0 heterocycles. The van der Waals surface area contributed by atoms with Crippen molar-refractivity contribution in [3.05, 3.63) is 59.2 Å². The van der Waals surface area contributed by atoms with Crippen molar-refractivity contribution in [3.63, 3.8) is 0 Å². The van der Waals surface area contributed by atoms with Crippen molar-refractivity contribution < 1.29 is 13.0 Å². The summed E-state index contributed by atoms with van der Waals surface area (Å²) in [4.78, 5) is 0.982. The Morgan fingerprint density at radius 1 is 0.850 bits per heavy atom. The van der Waals surface area contributed by atoms with Crippen LogP contribution in [0.25, 0.3) is 0 Å². The summed E-state index contributed by atoms with van der Waals surface area (Å²) in [6.45, 7) is 5.99. The van der Waals surface area contributed by atoms with E-state index in [0.29, 0.717) is 0 Å². The molecule has 0 aliphatic rings. The van der Waals surface area contributed by atoms with E-state index in [2.05, 4.69) is 44.7 Å². The molecule has 0 radical (unpaired) electrons. The highest BCUT2D eigenvalue weighted by Gasteiger charge is 2.06. The zero-order valence-electron chi connectivity index (χ0n) is 11.7. The molecule has 5 heteroatoms. The molecule has 3 nitrogen and oxygen atoms in total. The standard InChI is InChI=1S/C8H10S.C7H8O3S/c1-6-3-7(2)5-8(9)4-6;1-6-2-4-7(5-3-6)11(8,9)10/h3-5,9H,1-2H3;2-5H,1H3,(H,8,9,10). The second kappa shape index (κ2) is 6.92. The lowest BCUT2D eigenvalue weighted by molar-refractivity contribution is 0.483. The molecule has 2 aromatic rings. The van der Waals surface area contributed by atoms with Crippen LogP contribution in [0.3, 0.4) is 0 Å². The fraction of sp³-hybridized carbons (Fsp3) is 0.200. The average molecular weight is 310 g/mol. The minimum atomic E-state index is -4.02. The minimum Gasteiger partial charge on any atom is -0.282 e. The number of aryl methyl sites for hydroxylation is 3. The molecule has 20 heavy (non-hydrogen) atoms. The van der Waals surface area contributed by atoms with Gasteiger partial charge < -0.3 is 0 Å².